The summed E-state index contributed by atoms with van der Waals surface area (Å²) in [6.45, 7) is 1.47. The van der Waals surface area contributed by atoms with Crippen LogP contribution in [-0.2, 0) is 10.6 Å². The summed E-state index contributed by atoms with van der Waals surface area (Å²) in [5, 5.41) is 0. The molecular weight excluding hydrogens is 303 g/mol. The third kappa shape index (κ3) is 3.87. The molecule has 0 bridgehead atoms. The van der Waals surface area contributed by atoms with E-state index in [0.29, 0.717) is 12.5 Å². The number of ether oxygens (including phenoxy) is 2. The van der Waals surface area contributed by atoms with Crippen LogP contribution in [0.15, 0.2) is 22.7 Å². The molecule has 1 aromatic carbocycles. The molecule has 1 saturated heterocycles. The second kappa shape index (κ2) is 6.62. The monoisotopic (exact) mass is 318 g/mol. The minimum atomic E-state index is 0.232. The van der Waals surface area contributed by atoms with Crippen LogP contribution in [0.5, 0.6) is 5.75 Å². The number of hydrogen-bond donors (Lipinski definition) is 0. The lowest BCUT2D eigenvalue weighted by Gasteiger charge is -2.23. The van der Waals surface area contributed by atoms with Crippen LogP contribution in [0.4, 0.5) is 0 Å². The highest BCUT2D eigenvalue weighted by Gasteiger charge is 2.15. The normalized spacial score (nSPS) is 20.2. The summed E-state index contributed by atoms with van der Waals surface area (Å²) in [6, 6.07) is 5.90. The van der Waals surface area contributed by atoms with E-state index in [0.717, 1.165) is 28.8 Å². The van der Waals surface area contributed by atoms with Crippen molar-refractivity contribution >= 4 is 27.5 Å². The fraction of sp³-hybridized carbons (Fsp3) is 0.538. The molecule has 0 aliphatic carbocycles. The summed E-state index contributed by atoms with van der Waals surface area (Å²) in [5.74, 6) is 1.32. The second-order valence-corrected chi connectivity index (χ2v) is 5.37. The van der Waals surface area contributed by atoms with E-state index in [9.17, 15) is 0 Å². The van der Waals surface area contributed by atoms with Gasteiger partial charge in [0.2, 0.25) is 0 Å². The molecule has 1 aromatic rings. The molecule has 2 rings (SSSR count). The van der Waals surface area contributed by atoms with E-state index in [1.807, 2.05) is 18.2 Å². The van der Waals surface area contributed by atoms with Crippen molar-refractivity contribution in [3.63, 3.8) is 0 Å². The Hall–Kier alpha value is -0.250. The molecule has 94 valence electrons. The number of halogens is 2. The van der Waals surface area contributed by atoms with Crippen molar-refractivity contribution in [2.45, 2.75) is 31.2 Å². The van der Waals surface area contributed by atoms with E-state index in [1.54, 1.807) is 0 Å². The predicted octanol–water partition coefficient (Wildman–Crippen LogP) is 4.14. The van der Waals surface area contributed by atoms with Gasteiger partial charge >= 0.3 is 0 Å². The summed E-state index contributed by atoms with van der Waals surface area (Å²) >= 11 is 9.32. The molecule has 17 heavy (non-hydrogen) atoms. The second-order valence-electron chi connectivity index (χ2n) is 4.19. The Balaban J connectivity index is 1.93. The molecule has 2 nitrogen and oxygen atoms in total. The average Bonchev–Trinajstić information content (AvgIpc) is 2.38. The Kier molecular flexibility index (Phi) is 5.14. The first-order valence-electron chi connectivity index (χ1n) is 5.88. The van der Waals surface area contributed by atoms with Crippen LogP contribution in [0.2, 0.25) is 0 Å². The molecule has 0 saturated carbocycles. The quantitative estimate of drug-likeness (QED) is 0.777. The lowest BCUT2D eigenvalue weighted by Crippen LogP contribution is -2.25. The Morgan fingerprint density at radius 3 is 3.00 bits per heavy atom. The standard InChI is InChI=1S/C13H16BrClO2/c14-11-4-5-13(10(7-11)8-15)17-9-12-3-1-2-6-16-12/h4-5,7,12H,1-3,6,8-9H2. The van der Waals surface area contributed by atoms with Gasteiger partial charge in [-0.05, 0) is 37.5 Å². The molecule has 0 radical (unpaired) electrons. The highest BCUT2D eigenvalue weighted by Crippen LogP contribution is 2.25. The maximum atomic E-state index is 5.89. The van der Waals surface area contributed by atoms with E-state index in [-0.39, 0.29) is 6.10 Å². The number of alkyl halides is 1. The highest BCUT2D eigenvalue weighted by atomic mass is 79.9. The third-order valence-electron chi connectivity index (χ3n) is 2.87. The fourth-order valence-electron chi connectivity index (χ4n) is 1.91. The van der Waals surface area contributed by atoms with Gasteiger partial charge < -0.3 is 9.47 Å². The zero-order valence-electron chi connectivity index (χ0n) is 9.62. The summed E-state index contributed by atoms with van der Waals surface area (Å²) in [7, 11) is 0. The molecule has 0 N–H and O–H groups in total. The molecule has 1 fully saturated rings. The smallest absolute Gasteiger partial charge is 0.123 e. The summed E-state index contributed by atoms with van der Waals surface area (Å²) < 4.78 is 12.4. The van der Waals surface area contributed by atoms with E-state index in [2.05, 4.69) is 15.9 Å². The Morgan fingerprint density at radius 1 is 1.41 bits per heavy atom. The van der Waals surface area contributed by atoms with Crippen LogP contribution in [0, 0.1) is 0 Å². The summed E-state index contributed by atoms with van der Waals surface area (Å²) in [6.07, 6.45) is 3.72. The summed E-state index contributed by atoms with van der Waals surface area (Å²) in [4.78, 5) is 0. The van der Waals surface area contributed by atoms with Crippen molar-refractivity contribution in [2.75, 3.05) is 13.2 Å². The number of hydrogen-bond acceptors (Lipinski definition) is 2. The van der Waals surface area contributed by atoms with Gasteiger partial charge in [0.1, 0.15) is 12.4 Å². The van der Waals surface area contributed by atoms with Crippen LogP contribution in [0.1, 0.15) is 24.8 Å². The Labute approximate surface area is 115 Å². The molecular formula is C13H16BrClO2. The van der Waals surface area contributed by atoms with Crippen LogP contribution in [0.25, 0.3) is 0 Å². The largest absolute Gasteiger partial charge is 0.491 e. The van der Waals surface area contributed by atoms with Gasteiger partial charge in [0, 0.05) is 16.6 Å². The first-order chi connectivity index (χ1) is 8.29. The van der Waals surface area contributed by atoms with E-state index in [4.69, 9.17) is 21.1 Å². The van der Waals surface area contributed by atoms with Gasteiger partial charge in [-0.2, -0.15) is 0 Å². The van der Waals surface area contributed by atoms with Gasteiger partial charge in [0.05, 0.1) is 12.0 Å². The fourth-order valence-corrected chi connectivity index (χ4v) is 2.53. The van der Waals surface area contributed by atoms with Crippen LogP contribution in [-0.4, -0.2) is 19.3 Å². The zero-order valence-corrected chi connectivity index (χ0v) is 12.0. The molecule has 0 aromatic heterocycles. The van der Waals surface area contributed by atoms with Crippen molar-refractivity contribution in [1.29, 1.82) is 0 Å². The van der Waals surface area contributed by atoms with Gasteiger partial charge in [-0.15, -0.1) is 11.6 Å². The predicted molar refractivity (Wildman–Crippen MR) is 72.8 cm³/mol. The first kappa shape index (κ1) is 13.2. The van der Waals surface area contributed by atoms with Gasteiger partial charge in [-0.3, -0.25) is 0 Å². The molecule has 4 heteroatoms. The molecule has 1 heterocycles. The van der Waals surface area contributed by atoms with Crippen molar-refractivity contribution in [2.24, 2.45) is 0 Å². The average molecular weight is 320 g/mol. The lowest BCUT2D eigenvalue weighted by molar-refractivity contribution is -0.0112. The molecule has 0 amide bonds. The maximum Gasteiger partial charge on any atom is 0.123 e. The van der Waals surface area contributed by atoms with Gasteiger partial charge in [-0.25, -0.2) is 0 Å². The molecule has 1 aliphatic heterocycles. The maximum absolute atomic E-state index is 5.89. The third-order valence-corrected chi connectivity index (χ3v) is 3.65. The van der Waals surface area contributed by atoms with Crippen molar-refractivity contribution in [1.82, 2.24) is 0 Å². The minimum absolute atomic E-state index is 0.232. The SMILES string of the molecule is ClCc1cc(Br)ccc1OCC1CCCCO1. The van der Waals surface area contributed by atoms with Crippen LogP contribution >= 0.6 is 27.5 Å². The van der Waals surface area contributed by atoms with Crippen molar-refractivity contribution in [3.8, 4) is 5.75 Å². The Bertz CT molecular complexity index is 364. The van der Waals surface area contributed by atoms with Crippen LogP contribution < -0.4 is 4.74 Å². The Morgan fingerprint density at radius 2 is 2.29 bits per heavy atom. The van der Waals surface area contributed by atoms with E-state index >= 15 is 0 Å². The molecule has 0 spiro atoms. The first-order valence-corrected chi connectivity index (χ1v) is 7.21. The molecule has 1 atom stereocenters. The van der Waals surface area contributed by atoms with Gasteiger partial charge in [-0.1, -0.05) is 15.9 Å². The zero-order chi connectivity index (χ0) is 12.1. The van der Waals surface area contributed by atoms with Gasteiger partial charge in [0.15, 0.2) is 0 Å². The van der Waals surface area contributed by atoms with E-state index < -0.39 is 0 Å². The van der Waals surface area contributed by atoms with E-state index in [1.165, 1.54) is 12.8 Å². The van der Waals surface area contributed by atoms with Gasteiger partial charge in [0.25, 0.3) is 0 Å². The number of benzene rings is 1. The molecule has 1 aliphatic rings. The van der Waals surface area contributed by atoms with Crippen molar-refractivity contribution < 1.29 is 9.47 Å². The number of rotatable bonds is 4. The minimum Gasteiger partial charge on any atom is -0.491 e. The molecule has 1 unspecified atom stereocenters. The van der Waals surface area contributed by atoms with Crippen LogP contribution in [0.3, 0.4) is 0 Å². The van der Waals surface area contributed by atoms with Crippen molar-refractivity contribution in [3.05, 3.63) is 28.2 Å². The highest BCUT2D eigenvalue weighted by molar-refractivity contribution is 9.10. The lowest BCUT2D eigenvalue weighted by atomic mass is 10.1. The summed E-state index contributed by atoms with van der Waals surface area (Å²) in [5.41, 5.74) is 1.01. The topological polar surface area (TPSA) is 18.5 Å².